The van der Waals surface area contributed by atoms with E-state index in [-0.39, 0.29) is 5.91 Å². The van der Waals surface area contributed by atoms with Crippen LogP contribution < -0.4 is 4.90 Å². The van der Waals surface area contributed by atoms with Crippen molar-refractivity contribution in [3.8, 4) is 0 Å². The van der Waals surface area contributed by atoms with Crippen LogP contribution in [0.15, 0.2) is 47.6 Å². The van der Waals surface area contributed by atoms with Crippen molar-refractivity contribution >= 4 is 44.4 Å². The van der Waals surface area contributed by atoms with E-state index in [2.05, 4.69) is 47.7 Å². The molecule has 1 amide bonds. The van der Waals surface area contributed by atoms with Gasteiger partial charge in [-0.3, -0.25) is 9.69 Å². The highest BCUT2D eigenvalue weighted by Crippen LogP contribution is 2.40. The molecule has 1 aliphatic carbocycles. The molecule has 0 N–H and O–H groups in total. The molecule has 0 unspecified atom stereocenters. The van der Waals surface area contributed by atoms with Crippen LogP contribution in [0.5, 0.6) is 0 Å². The molecule has 1 saturated carbocycles. The summed E-state index contributed by atoms with van der Waals surface area (Å²) in [5.41, 5.74) is 4.44. The van der Waals surface area contributed by atoms with E-state index in [1.165, 1.54) is 35.7 Å². The standard InChI is InChI=1S/C25H27N5OS2/c1-4-29-23(19-11-12-19)27-28-25(29)32-15-21(31)30(14-18-8-6-5-7-9-18)24-26-22-17(3)16(2)10-13-20(22)33-24/h5-10,13,19H,4,11-12,14-15H2,1-3H3. The highest BCUT2D eigenvalue weighted by Gasteiger charge is 2.30. The number of thiazole rings is 1. The Labute approximate surface area is 202 Å². The van der Waals surface area contributed by atoms with Gasteiger partial charge < -0.3 is 4.57 Å². The van der Waals surface area contributed by atoms with Crippen LogP contribution >= 0.6 is 23.1 Å². The van der Waals surface area contributed by atoms with Gasteiger partial charge in [-0.2, -0.15) is 0 Å². The van der Waals surface area contributed by atoms with Crippen LogP contribution in [0.2, 0.25) is 0 Å². The smallest absolute Gasteiger partial charge is 0.239 e. The van der Waals surface area contributed by atoms with Crippen LogP contribution in [-0.2, 0) is 17.9 Å². The van der Waals surface area contributed by atoms with Gasteiger partial charge in [-0.25, -0.2) is 4.98 Å². The third kappa shape index (κ3) is 4.54. The lowest BCUT2D eigenvalue weighted by molar-refractivity contribution is -0.116. The Balaban J connectivity index is 1.42. The van der Waals surface area contributed by atoms with Crippen LogP contribution in [0.4, 0.5) is 5.13 Å². The lowest BCUT2D eigenvalue weighted by Gasteiger charge is -2.20. The first-order valence-corrected chi connectivity index (χ1v) is 13.1. The summed E-state index contributed by atoms with van der Waals surface area (Å²) in [4.78, 5) is 20.2. The Hall–Kier alpha value is -2.71. The first kappa shape index (κ1) is 22.1. The Morgan fingerprint density at radius 1 is 1.15 bits per heavy atom. The minimum Gasteiger partial charge on any atom is -0.306 e. The number of hydrogen-bond acceptors (Lipinski definition) is 6. The molecule has 8 heteroatoms. The molecule has 33 heavy (non-hydrogen) atoms. The zero-order valence-corrected chi connectivity index (χ0v) is 20.7. The number of aryl methyl sites for hydroxylation is 2. The fourth-order valence-electron chi connectivity index (χ4n) is 3.91. The summed E-state index contributed by atoms with van der Waals surface area (Å²) in [6.45, 7) is 7.60. The van der Waals surface area contributed by atoms with E-state index in [0.29, 0.717) is 18.2 Å². The number of nitrogens with zero attached hydrogens (tertiary/aromatic N) is 5. The van der Waals surface area contributed by atoms with Crippen molar-refractivity contribution in [2.45, 2.75) is 57.8 Å². The number of fused-ring (bicyclic) bond motifs is 1. The van der Waals surface area contributed by atoms with Gasteiger partial charge >= 0.3 is 0 Å². The molecule has 0 saturated heterocycles. The van der Waals surface area contributed by atoms with E-state index < -0.39 is 0 Å². The molecule has 170 valence electrons. The number of rotatable bonds is 8. The SMILES string of the molecule is CCn1c(SCC(=O)N(Cc2ccccc2)c2nc3c(C)c(C)ccc3s2)nnc1C1CC1. The second-order valence-electron chi connectivity index (χ2n) is 8.46. The summed E-state index contributed by atoms with van der Waals surface area (Å²) in [5.74, 6) is 1.91. The third-order valence-corrected chi connectivity index (χ3v) is 8.11. The number of amides is 1. The average Bonchev–Trinajstić information content (AvgIpc) is 3.45. The molecule has 4 aromatic rings. The van der Waals surface area contributed by atoms with E-state index in [1.807, 2.05) is 35.2 Å². The number of aromatic nitrogens is 4. The highest BCUT2D eigenvalue weighted by molar-refractivity contribution is 7.99. The lowest BCUT2D eigenvalue weighted by Crippen LogP contribution is -2.32. The van der Waals surface area contributed by atoms with Crippen LogP contribution in [0.3, 0.4) is 0 Å². The molecular formula is C25H27N5OS2. The van der Waals surface area contributed by atoms with E-state index >= 15 is 0 Å². The molecule has 6 nitrogen and oxygen atoms in total. The van der Waals surface area contributed by atoms with Gasteiger partial charge in [0.25, 0.3) is 0 Å². The minimum absolute atomic E-state index is 0.0240. The molecular weight excluding hydrogens is 450 g/mol. The lowest BCUT2D eigenvalue weighted by atomic mass is 10.1. The van der Waals surface area contributed by atoms with E-state index in [0.717, 1.165) is 38.4 Å². The summed E-state index contributed by atoms with van der Waals surface area (Å²) in [6.07, 6.45) is 2.37. The predicted molar refractivity (Wildman–Crippen MR) is 135 cm³/mol. The second-order valence-corrected chi connectivity index (χ2v) is 10.4. The number of carbonyl (C=O) groups excluding carboxylic acids is 1. The molecule has 0 atom stereocenters. The van der Waals surface area contributed by atoms with Gasteiger partial charge in [0.05, 0.1) is 22.5 Å². The molecule has 0 spiro atoms. The molecule has 2 heterocycles. The molecule has 1 aliphatic rings. The van der Waals surface area contributed by atoms with Gasteiger partial charge in [0, 0.05) is 12.5 Å². The zero-order valence-electron chi connectivity index (χ0n) is 19.1. The zero-order chi connectivity index (χ0) is 22.9. The van der Waals surface area contributed by atoms with Gasteiger partial charge in [-0.1, -0.05) is 59.5 Å². The quantitative estimate of drug-likeness (QED) is 0.303. The van der Waals surface area contributed by atoms with Gasteiger partial charge in [-0.15, -0.1) is 10.2 Å². The van der Waals surface area contributed by atoms with Gasteiger partial charge in [0.15, 0.2) is 10.3 Å². The van der Waals surface area contributed by atoms with E-state index in [1.54, 1.807) is 11.3 Å². The van der Waals surface area contributed by atoms with Crippen molar-refractivity contribution in [1.29, 1.82) is 0 Å². The molecule has 0 bridgehead atoms. The van der Waals surface area contributed by atoms with Gasteiger partial charge in [0.2, 0.25) is 5.91 Å². The monoisotopic (exact) mass is 477 g/mol. The van der Waals surface area contributed by atoms with Crippen LogP contribution in [-0.4, -0.2) is 31.4 Å². The topological polar surface area (TPSA) is 63.9 Å². The second kappa shape index (κ2) is 9.27. The maximum atomic E-state index is 13.5. The first-order valence-electron chi connectivity index (χ1n) is 11.3. The molecule has 2 aromatic carbocycles. The first-order chi connectivity index (χ1) is 16.0. The molecule has 1 fully saturated rings. The van der Waals surface area contributed by atoms with Crippen molar-refractivity contribution in [2.75, 3.05) is 10.7 Å². The minimum atomic E-state index is 0.0240. The summed E-state index contributed by atoms with van der Waals surface area (Å²) in [6, 6.07) is 14.3. The van der Waals surface area contributed by atoms with Crippen molar-refractivity contribution in [1.82, 2.24) is 19.7 Å². The van der Waals surface area contributed by atoms with Crippen molar-refractivity contribution in [3.05, 3.63) is 65.0 Å². The molecule has 5 rings (SSSR count). The predicted octanol–water partition coefficient (Wildman–Crippen LogP) is 5.73. The number of thioether (sulfide) groups is 1. The highest BCUT2D eigenvalue weighted by atomic mass is 32.2. The van der Waals surface area contributed by atoms with E-state index in [9.17, 15) is 4.79 Å². The summed E-state index contributed by atoms with van der Waals surface area (Å²) < 4.78 is 3.26. The molecule has 0 radical (unpaired) electrons. The summed E-state index contributed by atoms with van der Waals surface area (Å²) >= 11 is 3.04. The van der Waals surface area contributed by atoms with Crippen LogP contribution in [0, 0.1) is 13.8 Å². The van der Waals surface area contributed by atoms with Crippen molar-refractivity contribution in [3.63, 3.8) is 0 Å². The van der Waals surface area contributed by atoms with Gasteiger partial charge in [0.1, 0.15) is 5.82 Å². The van der Waals surface area contributed by atoms with Crippen molar-refractivity contribution < 1.29 is 4.79 Å². The van der Waals surface area contributed by atoms with Crippen LogP contribution in [0.25, 0.3) is 10.2 Å². The fourth-order valence-corrected chi connectivity index (χ4v) is 5.84. The number of carbonyl (C=O) groups is 1. The third-order valence-electron chi connectivity index (χ3n) is 6.12. The average molecular weight is 478 g/mol. The van der Waals surface area contributed by atoms with Gasteiger partial charge in [-0.05, 0) is 56.4 Å². The Kier molecular flexibility index (Phi) is 6.21. The largest absolute Gasteiger partial charge is 0.306 e. The Morgan fingerprint density at radius 2 is 1.94 bits per heavy atom. The Morgan fingerprint density at radius 3 is 2.67 bits per heavy atom. The summed E-state index contributed by atoms with van der Waals surface area (Å²) in [7, 11) is 0. The Bertz CT molecular complexity index is 1290. The fraction of sp³-hybridized carbons (Fsp3) is 0.360. The maximum Gasteiger partial charge on any atom is 0.239 e. The normalized spacial score (nSPS) is 13.5. The summed E-state index contributed by atoms with van der Waals surface area (Å²) in [5, 5.41) is 10.3. The number of benzene rings is 2. The maximum absolute atomic E-state index is 13.5. The van der Waals surface area contributed by atoms with Crippen molar-refractivity contribution in [2.24, 2.45) is 0 Å². The number of anilines is 1. The van der Waals surface area contributed by atoms with Crippen LogP contribution in [0.1, 0.15) is 48.2 Å². The number of hydrogen-bond donors (Lipinski definition) is 0. The molecule has 0 aliphatic heterocycles. The molecule has 2 aromatic heterocycles. The van der Waals surface area contributed by atoms with E-state index in [4.69, 9.17) is 4.98 Å².